The number of aliphatic imine (C=N–C) groups is 1. The van der Waals surface area contributed by atoms with Crippen molar-refractivity contribution in [3.05, 3.63) is 52.3 Å². The number of hydrogen-bond acceptors (Lipinski definition) is 2. The maximum Gasteiger partial charge on any atom is 0.191 e. The lowest BCUT2D eigenvalue weighted by molar-refractivity contribution is 0.776. The van der Waals surface area contributed by atoms with Gasteiger partial charge in [-0.1, -0.05) is 29.8 Å². The molecule has 0 amide bonds. The van der Waals surface area contributed by atoms with Crippen LogP contribution in [-0.4, -0.2) is 35.8 Å². The number of rotatable bonds is 8. The van der Waals surface area contributed by atoms with E-state index in [1.165, 1.54) is 5.56 Å². The Morgan fingerprint density at radius 1 is 1.21 bits per heavy atom. The van der Waals surface area contributed by atoms with Crippen molar-refractivity contribution in [3.8, 4) is 0 Å². The zero-order chi connectivity index (χ0) is 17.2. The van der Waals surface area contributed by atoms with Gasteiger partial charge >= 0.3 is 0 Å². The molecule has 24 heavy (non-hydrogen) atoms. The zero-order valence-electron chi connectivity index (χ0n) is 14.4. The van der Waals surface area contributed by atoms with E-state index in [2.05, 4.69) is 38.8 Å². The summed E-state index contributed by atoms with van der Waals surface area (Å²) in [4.78, 5) is 4.63. The van der Waals surface area contributed by atoms with E-state index in [0.717, 1.165) is 61.1 Å². The van der Waals surface area contributed by atoms with Crippen molar-refractivity contribution in [1.29, 1.82) is 0 Å². The van der Waals surface area contributed by atoms with Crippen molar-refractivity contribution in [2.45, 2.75) is 33.1 Å². The van der Waals surface area contributed by atoms with Crippen LogP contribution in [0.25, 0.3) is 0 Å². The molecule has 0 radical (unpaired) electrons. The number of guanidine groups is 1. The van der Waals surface area contributed by atoms with Gasteiger partial charge in [-0.15, -0.1) is 0 Å². The molecule has 1 heterocycles. The molecule has 0 aliphatic heterocycles. The average molecular weight is 348 g/mol. The van der Waals surface area contributed by atoms with Crippen LogP contribution in [0.4, 0.5) is 0 Å². The highest BCUT2D eigenvalue weighted by atomic mass is 35.5. The fourth-order valence-electron chi connectivity index (χ4n) is 2.45. The molecule has 0 aliphatic rings. The van der Waals surface area contributed by atoms with Gasteiger partial charge in [0.2, 0.25) is 0 Å². The van der Waals surface area contributed by atoms with E-state index in [1.54, 1.807) is 0 Å². The third-order valence-electron chi connectivity index (χ3n) is 3.80. The molecule has 0 bridgehead atoms. The maximum absolute atomic E-state index is 6.18. The van der Waals surface area contributed by atoms with Gasteiger partial charge in [0.1, 0.15) is 0 Å². The van der Waals surface area contributed by atoms with E-state index >= 15 is 0 Å². The van der Waals surface area contributed by atoms with Crippen LogP contribution in [0.2, 0.25) is 5.02 Å². The second-order valence-electron chi connectivity index (χ2n) is 5.65. The summed E-state index contributed by atoms with van der Waals surface area (Å²) in [7, 11) is 0. The van der Waals surface area contributed by atoms with Crippen LogP contribution in [0, 0.1) is 6.92 Å². The molecule has 0 spiro atoms. The van der Waals surface area contributed by atoms with Gasteiger partial charge < -0.3 is 10.6 Å². The summed E-state index contributed by atoms with van der Waals surface area (Å²) >= 11 is 6.18. The Kier molecular flexibility index (Phi) is 7.62. The van der Waals surface area contributed by atoms with Crippen LogP contribution in [-0.2, 0) is 12.8 Å². The van der Waals surface area contributed by atoms with Crippen LogP contribution < -0.4 is 10.6 Å². The quantitative estimate of drug-likeness (QED) is 0.390. The maximum atomic E-state index is 6.18. The van der Waals surface area contributed by atoms with Crippen molar-refractivity contribution in [1.82, 2.24) is 20.8 Å². The highest BCUT2D eigenvalue weighted by Crippen LogP contribution is 2.14. The largest absolute Gasteiger partial charge is 0.357 e. The van der Waals surface area contributed by atoms with Crippen LogP contribution in [0.3, 0.4) is 0 Å². The van der Waals surface area contributed by atoms with Crippen LogP contribution in [0.5, 0.6) is 0 Å². The molecule has 1 aromatic heterocycles. The van der Waals surface area contributed by atoms with Crippen molar-refractivity contribution in [3.63, 3.8) is 0 Å². The third-order valence-corrected chi connectivity index (χ3v) is 4.17. The van der Waals surface area contributed by atoms with Gasteiger partial charge in [0.05, 0.1) is 6.20 Å². The summed E-state index contributed by atoms with van der Waals surface area (Å²) in [5.41, 5.74) is 3.56. The molecule has 2 aromatic rings. The number of aromatic nitrogens is 2. The van der Waals surface area contributed by atoms with Gasteiger partial charge in [-0.05, 0) is 50.3 Å². The van der Waals surface area contributed by atoms with Crippen LogP contribution in [0.15, 0.2) is 35.5 Å². The fraction of sp³-hybridized carbons (Fsp3) is 0.444. The summed E-state index contributed by atoms with van der Waals surface area (Å²) in [6.45, 7) is 6.55. The summed E-state index contributed by atoms with van der Waals surface area (Å²) in [5, 5.41) is 14.5. The Balaban J connectivity index is 1.76. The first kappa shape index (κ1) is 18.3. The standard InChI is InChI=1S/C18H26ClN5/c1-3-20-18(21-11-6-8-16-13-23-24-14(16)2)22-12-10-15-7-4-5-9-17(15)19/h4-5,7,9,13H,3,6,8,10-12H2,1-2H3,(H,23,24)(H2,20,21,22). The minimum atomic E-state index is 0.784. The molecule has 2 rings (SSSR count). The zero-order valence-corrected chi connectivity index (χ0v) is 15.2. The molecule has 0 saturated carbocycles. The van der Waals surface area contributed by atoms with Gasteiger partial charge in [0.15, 0.2) is 5.96 Å². The molecule has 1 aromatic carbocycles. The minimum absolute atomic E-state index is 0.784. The van der Waals surface area contributed by atoms with Crippen LogP contribution >= 0.6 is 11.6 Å². The van der Waals surface area contributed by atoms with Crippen molar-refractivity contribution >= 4 is 17.6 Å². The van der Waals surface area contributed by atoms with Gasteiger partial charge in [0.25, 0.3) is 0 Å². The third kappa shape index (κ3) is 5.89. The molecule has 6 heteroatoms. The molecule has 5 nitrogen and oxygen atoms in total. The number of halogens is 1. The van der Waals surface area contributed by atoms with Crippen LogP contribution in [0.1, 0.15) is 30.2 Å². The number of aryl methyl sites for hydroxylation is 2. The van der Waals surface area contributed by atoms with E-state index < -0.39 is 0 Å². The van der Waals surface area contributed by atoms with Gasteiger partial charge in [-0.25, -0.2) is 0 Å². The lowest BCUT2D eigenvalue weighted by atomic mass is 10.1. The van der Waals surface area contributed by atoms with Gasteiger partial charge in [-0.3, -0.25) is 10.1 Å². The molecule has 0 unspecified atom stereocenters. The molecule has 0 fully saturated rings. The first-order chi connectivity index (χ1) is 11.7. The first-order valence-electron chi connectivity index (χ1n) is 8.45. The lowest BCUT2D eigenvalue weighted by Gasteiger charge is -2.11. The van der Waals surface area contributed by atoms with E-state index in [9.17, 15) is 0 Å². The SMILES string of the molecule is CCNC(=NCCCc1cn[nH]c1C)NCCc1ccccc1Cl. The number of nitrogens with zero attached hydrogens (tertiary/aromatic N) is 2. The molecular weight excluding hydrogens is 322 g/mol. The van der Waals surface area contributed by atoms with Crippen molar-refractivity contribution in [2.75, 3.05) is 19.6 Å². The predicted octanol–water partition coefficient (Wildman–Crippen LogP) is 3.10. The van der Waals surface area contributed by atoms with E-state index in [4.69, 9.17) is 11.6 Å². The van der Waals surface area contributed by atoms with E-state index in [-0.39, 0.29) is 0 Å². The Morgan fingerprint density at radius 3 is 2.75 bits per heavy atom. The second-order valence-corrected chi connectivity index (χ2v) is 6.06. The lowest BCUT2D eigenvalue weighted by Crippen LogP contribution is -2.38. The Morgan fingerprint density at radius 2 is 2.04 bits per heavy atom. The summed E-state index contributed by atoms with van der Waals surface area (Å²) in [5.74, 6) is 0.855. The number of H-pyrrole nitrogens is 1. The summed E-state index contributed by atoms with van der Waals surface area (Å²) in [6, 6.07) is 7.94. The average Bonchev–Trinajstić information content (AvgIpc) is 2.98. The summed E-state index contributed by atoms with van der Waals surface area (Å²) < 4.78 is 0. The van der Waals surface area contributed by atoms with Gasteiger partial charge in [-0.2, -0.15) is 5.10 Å². The highest BCUT2D eigenvalue weighted by molar-refractivity contribution is 6.31. The highest BCUT2D eigenvalue weighted by Gasteiger charge is 2.02. The normalized spacial score (nSPS) is 11.5. The van der Waals surface area contributed by atoms with Crippen molar-refractivity contribution in [2.24, 2.45) is 4.99 Å². The first-order valence-corrected chi connectivity index (χ1v) is 8.83. The Hall–Kier alpha value is -2.01. The minimum Gasteiger partial charge on any atom is -0.357 e. The predicted molar refractivity (Wildman–Crippen MR) is 101 cm³/mol. The molecule has 0 aliphatic carbocycles. The monoisotopic (exact) mass is 347 g/mol. The molecular formula is C18H26ClN5. The van der Waals surface area contributed by atoms with E-state index in [0.29, 0.717) is 0 Å². The van der Waals surface area contributed by atoms with Gasteiger partial charge in [0, 0.05) is 30.4 Å². The number of benzene rings is 1. The van der Waals surface area contributed by atoms with Crippen molar-refractivity contribution < 1.29 is 0 Å². The summed E-state index contributed by atoms with van der Waals surface area (Å²) in [6.07, 6.45) is 4.76. The fourth-order valence-corrected chi connectivity index (χ4v) is 2.68. The molecule has 3 N–H and O–H groups in total. The number of aromatic amines is 1. The Labute approximate surface area is 148 Å². The number of nitrogens with one attached hydrogen (secondary N) is 3. The smallest absolute Gasteiger partial charge is 0.191 e. The number of hydrogen-bond donors (Lipinski definition) is 3. The second kappa shape index (κ2) is 9.98. The topological polar surface area (TPSA) is 65.1 Å². The molecule has 130 valence electrons. The Bertz CT molecular complexity index is 650. The van der Waals surface area contributed by atoms with E-state index in [1.807, 2.05) is 31.3 Å². The molecule has 0 saturated heterocycles. The molecule has 0 atom stereocenters.